The van der Waals surface area contributed by atoms with Crippen LogP contribution in [0, 0.1) is 29.6 Å². The van der Waals surface area contributed by atoms with E-state index in [0.717, 1.165) is 57.9 Å². The maximum Gasteiger partial charge on any atom is 0.248 e. The van der Waals surface area contributed by atoms with E-state index in [2.05, 4.69) is 15.5 Å². The molecule has 0 aromatic heterocycles. The topological polar surface area (TPSA) is 149 Å². The number of hydrogen-bond acceptors (Lipinski definition) is 8. The predicted molar refractivity (Wildman–Crippen MR) is 156 cm³/mol. The van der Waals surface area contributed by atoms with Crippen molar-refractivity contribution in [1.82, 2.24) is 15.5 Å². The Bertz CT molecular complexity index is 1110. The van der Waals surface area contributed by atoms with Crippen molar-refractivity contribution in [2.24, 2.45) is 34.7 Å². The number of methoxy groups -OCH3 is 2. The lowest BCUT2D eigenvalue weighted by Gasteiger charge is -2.55. The van der Waals surface area contributed by atoms with Crippen molar-refractivity contribution >= 4 is 21.8 Å². The smallest absolute Gasteiger partial charge is 0.248 e. The predicted octanol–water partition coefficient (Wildman–Crippen LogP) is 1.15. The normalized spacial score (nSPS) is 44.1. The second-order valence-electron chi connectivity index (χ2n) is 13.8. The monoisotopic (exact) mass is 610 g/mol. The number of ether oxygens (including phenoxy) is 3. The van der Waals surface area contributed by atoms with Crippen molar-refractivity contribution < 1.29 is 32.2 Å². The van der Waals surface area contributed by atoms with Gasteiger partial charge in [0.1, 0.15) is 6.10 Å². The minimum atomic E-state index is -3.49. The number of carbonyl (C=O) groups is 2. The van der Waals surface area contributed by atoms with Gasteiger partial charge in [0.15, 0.2) is 0 Å². The molecule has 4 N–H and O–H groups in total. The van der Waals surface area contributed by atoms with Crippen LogP contribution in [0.1, 0.15) is 71.1 Å². The molecule has 3 saturated carbocycles. The molecule has 42 heavy (non-hydrogen) atoms. The Hall–Kier alpha value is -1.31. The fourth-order valence-corrected chi connectivity index (χ4v) is 10.8. The maximum atomic E-state index is 14.2. The maximum absolute atomic E-state index is 14.2. The van der Waals surface area contributed by atoms with Crippen LogP contribution in [0.4, 0.5) is 0 Å². The van der Waals surface area contributed by atoms with Crippen molar-refractivity contribution in [3.05, 3.63) is 0 Å². The Kier molecular flexibility index (Phi) is 8.94. The van der Waals surface area contributed by atoms with E-state index in [1.165, 1.54) is 0 Å². The average molecular weight is 611 g/mol. The van der Waals surface area contributed by atoms with Crippen molar-refractivity contribution in [2.75, 3.05) is 27.3 Å². The Balaban J connectivity index is 1.06. The summed E-state index contributed by atoms with van der Waals surface area (Å²) in [6.07, 6.45) is 7.32. The summed E-state index contributed by atoms with van der Waals surface area (Å²) < 4.78 is 41.3. The molecule has 238 valence electrons. The highest BCUT2D eigenvalue weighted by Gasteiger charge is 2.64. The van der Waals surface area contributed by atoms with Crippen LogP contribution in [-0.2, 0) is 33.8 Å². The van der Waals surface area contributed by atoms with Crippen LogP contribution in [0.2, 0.25) is 0 Å². The highest BCUT2D eigenvalue weighted by atomic mass is 32.2. The molecule has 3 heterocycles. The summed E-state index contributed by atoms with van der Waals surface area (Å²) in [5.41, 5.74) is 0. The fraction of sp³-hybridized carbons (Fsp3) is 0.933. The average Bonchev–Trinajstić information content (AvgIpc) is 3.32. The van der Waals surface area contributed by atoms with Crippen LogP contribution in [0.25, 0.3) is 0 Å². The molecule has 11 nitrogen and oxygen atoms in total. The molecule has 0 aromatic rings. The van der Waals surface area contributed by atoms with Crippen LogP contribution < -0.4 is 15.8 Å². The van der Waals surface area contributed by atoms with Gasteiger partial charge in [-0.1, -0.05) is 0 Å². The lowest BCUT2D eigenvalue weighted by Crippen LogP contribution is -2.70. The largest absolute Gasteiger partial charge is 0.379 e. The molecular weight excluding hydrogens is 560 g/mol. The molecule has 6 rings (SSSR count). The first-order chi connectivity index (χ1) is 20.1. The Morgan fingerprint density at radius 3 is 2.48 bits per heavy atom. The Morgan fingerprint density at radius 1 is 1.02 bits per heavy atom. The minimum absolute atomic E-state index is 0.00568. The molecule has 12 heteroatoms. The second-order valence-corrected chi connectivity index (χ2v) is 15.7. The molecular formula is C30H50N4O7S. The van der Waals surface area contributed by atoms with E-state index >= 15 is 0 Å². The SMILES string of the molecule is COC1CCC2C3NCCC4C5CC(O[C@H](C)C(=O)NCC6CCC(S(N)(=O)=O)CC6)CCC5N(C(=O)C2C1OC)C43. The molecule has 10 unspecified atom stereocenters. The van der Waals surface area contributed by atoms with Gasteiger partial charge < -0.3 is 29.7 Å². The lowest BCUT2D eigenvalue weighted by molar-refractivity contribution is -0.175. The van der Waals surface area contributed by atoms with E-state index in [4.69, 9.17) is 19.3 Å². The molecule has 6 fully saturated rings. The third kappa shape index (κ3) is 5.53. The van der Waals surface area contributed by atoms with Gasteiger partial charge in [-0.3, -0.25) is 9.59 Å². The van der Waals surface area contributed by atoms with Crippen molar-refractivity contribution in [3.8, 4) is 0 Å². The number of nitrogens with two attached hydrogens (primary N) is 1. The van der Waals surface area contributed by atoms with Gasteiger partial charge in [-0.05, 0) is 101 Å². The van der Waals surface area contributed by atoms with Crippen LogP contribution in [0.3, 0.4) is 0 Å². The lowest BCUT2D eigenvalue weighted by atomic mass is 9.64. The van der Waals surface area contributed by atoms with E-state index in [0.29, 0.717) is 31.2 Å². The highest BCUT2D eigenvalue weighted by molar-refractivity contribution is 7.89. The van der Waals surface area contributed by atoms with E-state index < -0.39 is 21.4 Å². The van der Waals surface area contributed by atoms with E-state index in [9.17, 15) is 18.0 Å². The number of primary sulfonamides is 1. The number of amides is 2. The quantitative estimate of drug-likeness (QED) is 0.371. The Labute approximate surface area is 250 Å². The summed E-state index contributed by atoms with van der Waals surface area (Å²) in [5, 5.41) is 11.7. The van der Waals surface area contributed by atoms with Gasteiger partial charge >= 0.3 is 0 Å². The number of rotatable bonds is 8. The molecule has 3 saturated heterocycles. The van der Waals surface area contributed by atoms with Gasteiger partial charge in [0.25, 0.3) is 0 Å². The molecule has 11 atom stereocenters. The number of hydrogen-bond donors (Lipinski definition) is 3. The van der Waals surface area contributed by atoms with Crippen LogP contribution in [0.15, 0.2) is 0 Å². The Morgan fingerprint density at radius 2 is 1.79 bits per heavy atom. The molecule has 0 radical (unpaired) electrons. The fourth-order valence-electron chi connectivity index (χ4n) is 9.86. The minimum Gasteiger partial charge on any atom is -0.379 e. The highest BCUT2D eigenvalue weighted by Crippen LogP contribution is 2.54. The van der Waals surface area contributed by atoms with E-state index in [1.54, 1.807) is 14.2 Å². The molecule has 2 amide bonds. The zero-order valence-corrected chi connectivity index (χ0v) is 26.1. The summed E-state index contributed by atoms with van der Waals surface area (Å²) in [7, 11) is -0.0582. The van der Waals surface area contributed by atoms with Gasteiger partial charge in [0.05, 0.1) is 35.5 Å². The first-order valence-corrected chi connectivity index (χ1v) is 17.8. The van der Waals surface area contributed by atoms with Gasteiger partial charge in [0, 0.05) is 32.8 Å². The molecule has 0 spiro atoms. The van der Waals surface area contributed by atoms with Gasteiger partial charge in [-0.15, -0.1) is 0 Å². The first kappa shape index (κ1) is 30.7. The molecule has 0 aromatic carbocycles. The second kappa shape index (κ2) is 12.2. The molecule has 3 aliphatic carbocycles. The van der Waals surface area contributed by atoms with Crippen LogP contribution in [-0.4, -0.2) is 100 Å². The van der Waals surface area contributed by atoms with Gasteiger partial charge in [0.2, 0.25) is 21.8 Å². The first-order valence-electron chi connectivity index (χ1n) is 16.2. The number of piperidine rings is 2. The number of fused-ring (bicyclic) bond motifs is 5. The summed E-state index contributed by atoms with van der Waals surface area (Å²) in [6.45, 7) is 3.32. The molecule has 0 bridgehead atoms. The third-order valence-electron chi connectivity index (χ3n) is 11.8. The van der Waals surface area contributed by atoms with Crippen molar-refractivity contribution in [1.29, 1.82) is 0 Å². The van der Waals surface area contributed by atoms with E-state index in [1.807, 2.05) is 6.92 Å². The van der Waals surface area contributed by atoms with Crippen molar-refractivity contribution in [3.63, 3.8) is 0 Å². The summed E-state index contributed by atoms with van der Waals surface area (Å²) >= 11 is 0. The number of sulfonamides is 1. The molecule has 6 aliphatic rings. The molecule has 3 aliphatic heterocycles. The third-order valence-corrected chi connectivity index (χ3v) is 13.2. The van der Waals surface area contributed by atoms with Crippen molar-refractivity contribution in [2.45, 2.75) is 119 Å². The summed E-state index contributed by atoms with van der Waals surface area (Å²) in [6, 6.07) is 0.729. The van der Waals surface area contributed by atoms with Gasteiger partial charge in [-0.25, -0.2) is 13.6 Å². The zero-order valence-electron chi connectivity index (χ0n) is 25.3. The van der Waals surface area contributed by atoms with E-state index in [-0.39, 0.29) is 66.0 Å². The summed E-state index contributed by atoms with van der Waals surface area (Å²) in [4.78, 5) is 29.4. The standard InChI is InChI=1S/C30H50N4O7S/c1-16(29(35)33-15-17-4-7-19(8-5-17)42(31,37)38)41-18-6-10-23-22(14-18)20-12-13-32-26-21-9-11-24(39-2)28(40-3)25(21)30(36)34(23)27(20)26/h16-28,32H,4-15H2,1-3H3,(H,33,35)(H2,31,37,38)/t16-,17?,18?,19?,20?,21?,22?,23?,24?,25?,26?,27?,28?/m1/s1. The number of nitrogens with one attached hydrogen (secondary N) is 2. The van der Waals surface area contributed by atoms with Gasteiger partial charge in [-0.2, -0.15) is 0 Å². The van der Waals surface area contributed by atoms with Crippen LogP contribution >= 0.6 is 0 Å². The number of nitrogens with zero attached hydrogens (tertiary/aromatic N) is 1. The summed E-state index contributed by atoms with van der Waals surface area (Å²) in [5.74, 6) is 1.32. The zero-order chi connectivity index (χ0) is 29.8. The number of carbonyl (C=O) groups excluding carboxylic acids is 2. The van der Waals surface area contributed by atoms with Crippen LogP contribution in [0.5, 0.6) is 0 Å².